The van der Waals surface area contributed by atoms with Crippen molar-refractivity contribution >= 4 is 0 Å². The largest absolute Gasteiger partial charge is 0.490 e. The Labute approximate surface area is 127 Å². The van der Waals surface area contributed by atoms with Crippen molar-refractivity contribution in [2.24, 2.45) is 0 Å². The molecule has 2 unspecified atom stereocenters. The smallest absolute Gasteiger partial charge is 0.127 e. The number of ether oxygens (including phenoxy) is 1. The molecule has 1 saturated carbocycles. The van der Waals surface area contributed by atoms with Crippen LogP contribution in [0.4, 0.5) is 0 Å². The van der Waals surface area contributed by atoms with Crippen molar-refractivity contribution in [3.05, 3.63) is 54.6 Å². The van der Waals surface area contributed by atoms with Crippen LogP contribution in [0.5, 0.6) is 5.75 Å². The van der Waals surface area contributed by atoms with Crippen molar-refractivity contribution in [1.82, 2.24) is 5.32 Å². The Kier molecular flexibility index (Phi) is 4.56. The first-order chi connectivity index (χ1) is 10.4. The number of para-hydroxylation sites is 1. The predicted octanol–water partition coefficient (Wildman–Crippen LogP) is 4.26. The zero-order chi connectivity index (χ0) is 14.5. The molecule has 21 heavy (non-hydrogen) atoms. The average Bonchev–Trinajstić information content (AvgIpc) is 2.56. The predicted molar refractivity (Wildman–Crippen MR) is 87.6 cm³/mol. The van der Waals surface area contributed by atoms with Gasteiger partial charge in [0.2, 0.25) is 0 Å². The molecule has 2 atom stereocenters. The van der Waals surface area contributed by atoms with E-state index in [4.69, 9.17) is 4.74 Å². The van der Waals surface area contributed by atoms with Gasteiger partial charge in [-0.25, -0.2) is 0 Å². The van der Waals surface area contributed by atoms with Crippen LogP contribution >= 0.6 is 0 Å². The van der Waals surface area contributed by atoms with Crippen LogP contribution in [0.25, 0.3) is 11.1 Å². The molecule has 0 aliphatic heterocycles. The van der Waals surface area contributed by atoms with Crippen molar-refractivity contribution in [3.8, 4) is 16.9 Å². The van der Waals surface area contributed by atoms with Gasteiger partial charge in [-0.15, -0.1) is 0 Å². The maximum atomic E-state index is 6.33. The van der Waals surface area contributed by atoms with Gasteiger partial charge in [-0.2, -0.15) is 0 Å². The summed E-state index contributed by atoms with van der Waals surface area (Å²) in [5.41, 5.74) is 2.40. The van der Waals surface area contributed by atoms with Crippen molar-refractivity contribution in [3.63, 3.8) is 0 Å². The fourth-order valence-corrected chi connectivity index (χ4v) is 3.12. The first-order valence-electron chi connectivity index (χ1n) is 7.85. The zero-order valence-corrected chi connectivity index (χ0v) is 12.6. The topological polar surface area (TPSA) is 21.3 Å². The summed E-state index contributed by atoms with van der Waals surface area (Å²) in [5.74, 6) is 1.01. The van der Waals surface area contributed by atoms with E-state index in [0.717, 1.165) is 18.6 Å². The third kappa shape index (κ3) is 3.45. The first kappa shape index (κ1) is 14.2. The first-order valence-corrected chi connectivity index (χ1v) is 7.85. The van der Waals surface area contributed by atoms with Crippen LogP contribution in [0.15, 0.2) is 54.6 Å². The minimum atomic E-state index is 0.320. The molecule has 1 aliphatic carbocycles. The van der Waals surface area contributed by atoms with E-state index in [9.17, 15) is 0 Å². The Morgan fingerprint density at radius 1 is 0.952 bits per heavy atom. The number of nitrogens with one attached hydrogen (secondary N) is 1. The van der Waals surface area contributed by atoms with E-state index in [-0.39, 0.29) is 0 Å². The van der Waals surface area contributed by atoms with Gasteiger partial charge in [0, 0.05) is 11.6 Å². The second kappa shape index (κ2) is 6.77. The molecule has 0 saturated heterocycles. The molecule has 1 N–H and O–H groups in total. The Balaban J connectivity index is 1.80. The molecule has 2 heteroatoms. The number of rotatable bonds is 4. The molecule has 3 rings (SSSR count). The lowest BCUT2D eigenvalue weighted by Crippen LogP contribution is -2.36. The highest BCUT2D eigenvalue weighted by Crippen LogP contribution is 2.32. The molecule has 2 aromatic carbocycles. The Morgan fingerprint density at radius 3 is 2.52 bits per heavy atom. The molecular formula is C19H23NO. The van der Waals surface area contributed by atoms with Crippen molar-refractivity contribution in [2.75, 3.05) is 7.05 Å². The molecule has 0 heterocycles. The molecule has 2 nitrogen and oxygen atoms in total. The van der Waals surface area contributed by atoms with Gasteiger partial charge in [-0.05, 0) is 44.4 Å². The molecular weight excluding hydrogens is 258 g/mol. The van der Waals surface area contributed by atoms with E-state index >= 15 is 0 Å². The number of benzene rings is 2. The van der Waals surface area contributed by atoms with Crippen LogP contribution < -0.4 is 10.1 Å². The summed E-state index contributed by atoms with van der Waals surface area (Å²) in [5, 5.41) is 3.39. The zero-order valence-electron chi connectivity index (χ0n) is 12.6. The molecule has 0 radical (unpaired) electrons. The van der Waals surface area contributed by atoms with Gasteiger partial charge >= 0.3 is 0 Å². The second-order valence-electron chi connectivity index (χ2n) is 5.75. The van der Waals surface area contributed by atoms with E-state index < -0.39 is 0 Å². The van der Waals surface area contributed by atoms with Gasteiger partial charge in [0.1, 0.15) is 11.9 Å². The van der Waals surface area contributed by atoms with Crippen molar-refractivity contribution in [1.29, 1.82) is 0 Å². The number of hydrogen-bond acceptors (Lipinski definition) is 2. The van der Waals surface area contributed by atoms with E-state index in [0.29, 0.717) is 12.1 Å². The molecule has 110 valence electrons. The van der Waals surface area contributed by atoms with Gasteiger partial charge < -0.3 is 10.1 Å². The second-order valence-corrected chi connectivity index (χ2v) is 5.75. The van der Waals surface area contributed by atoms with E-state index in [1.807, 2.05) is 13.1 Å². The lowest BCUT2D eigenvalue weighted by atomic mass is 9.93. The molecule has 1 aliphatic rings. The van der Waals surface area contributed by atoms with Gasteiger partial charge in [0.15, 0.2) is 0 Å². The summed E-state index contributed by atoms with van der Waals surface area (Å²) in [4.78, 5) is 0. The van der Waals surface area contributed by atoms with Crippen molar-refractivity contribution in [2.45, 2.75) is 37.8 Å². The van der Waals surface area contributed by atoms with E-state index in [1.165, 1.54) is 24.0 Å². The summed E-state index contributed by atoms with van der Waals surface area (Å²) >= 11 is 0. The maximum absolute atomic E-state index is 6.33. The highest BCUT2D eigenvalue weighted by molar-refractivity contribution is 5.70. The number of hydrogen-bond donors (Lipinski definition) is 1. The summed E-state index contributed by atoms with van der Waals surface area (Å²) < 4.78 is 6.33. The lowest BCUT2D eigenvalue weighted by molar-refractivity contribution is 0.137. The van der Waals surface area contributed by atoms with Crippen LogP contribution in [-0.2, 0) is 0 Å². The van der Waals surface area contributed by atoms with Gasteiger partial charge in [0.25, 0.3) is 0 Å². The minimum absolute atomic E-state index is 0.320. The van der Waals surface area contributed by atoms with E-state index in [2.05, 4.69) is 53.8 Å². The summed E-state index contributed by atoms with van der Waals surface area (Å²) in [6.07, 6.45) is 5.07. The third-order valence-corrected chi connectivity index (χ3v) is 4.30. The lowest BCUT2D eigenvalue weighted by Gasteiger charge is -2.30. The SMILES string of the molecule is CNC1CCCC(Oc2ccccc2-c2ccccc2)C1. The minimum Gasteiger partial charge on any atom is -0.490 e. The van der Waals surface area contributed by atoms with E-state index in [1.54, 1.807) is 0 Å². The summed E-state index contributed by atoms with van der Waals surface area (Å²) in [6.45, 7) is 0. The Bertz CT molecular complexity index is 567. The van der Waals surface area contributed by atoms with Gasteiger partial charge in [-0.1, -0.05) is 48.5 Å². The molecule has 2 aromatic rings. The normalized spacial score (nSPS) is 22.0. The third-order valence-electron chi connectivity index (χ3n) is 4.30. The molecule has 0 amide bonds. The fraction of sp³-hybridized carbons (Fsp3) is 0.368. The van der Waals surface area contributed by atoms with Gasteiger partial charge in [-0.3, -0.25) is 0 Å². The van der Waals surface area contributed by atoms with Crippen LogP contribution in [0.1, 0.15) is 25.7 Å². The fourth-order valence-electron chi connectivity index (χ4n) is 3.12. The van der Waals surface area contributed by atoms with Crippen LogP contribution in [-0.4, -0.2) is 19.2 Å². The van der Waals surface area contributed by atoms with Crippen LogP contribution in [0.3, 0.4) is 0 Å². The van der Waals surface area contributed by atoms with Crippen molar-refractivity contribution < 1.29 is 4.74 Å². The molecule has 0 aromatic heterocycles. The molecule has 0 bridgehead atoms. The monoisotopic (exact) mass is 281 g/mol. The Hall–Kier alpha value is -1.80. The average molecular weight is 281 g/mol. The highest BCUT2D eigenvalue weighted by atomic mass is 16.5. The summed E-state index contributed by atoms with van der Waals surface area (Å²) in [7, 11) is 2.05. The molecule has 0 spiro atoms. The van der Waals surface area contributed by atoms with Crippen LogP contribution in [0, 0.1) is 0 Å². The van der Waals surface area contributed by atoms with Gasteiger partial charge in [0.05, 0.1) is 0 Å². The Morgan fingerprint density at radius 2 is 1.71 bits per heavy atom. The standard InChI is InChI=1S/C19H23NO/c1-20-16-10-7-11-17(14-16)21-19-13-6-5-12-18(19)15-8-3-2-4-9-15/h2-6,8-9,12-13,16-17,20H,7,10-11,14H2,1H3. The quantitative estimate of drug-likeness (QED) is 0.904. The highest BCUT2D eigenvalue weighted by Gasteiger charge is 2.22. The van der Waals surface area contributed by atoms with Crippen LogP contribution in [0.2, 0.25) is 0 Å². The molecule has 1 fully saturated rings. The summed E-state index contributed by atoms with van der Waals surface area (Å²) in [6, 6.07) is 19.4. The maximum Gasteiger partial charge on any atom is 0.127 e.